The van der Waals surface area contributed by atoms with E-state index in [9.17, 15) is 4.79 Å². The van der Waals surface area contributed by atoms with Crippen LogP contribution < -0.4 is 5.73 Å². The summed E-state index contributed by atoms with van der Waals surface area (Å²) in [4.78, 5) is 14.0. The van der Waals surface area contributed by atoms with Gasteiger partial charge in [-0.15, -0.1) is 0 Å². The molecule has 2 N–H and O–H groups in total. The van der Waals surface area contributed by atoms with Crippen LogP contribution in [0.3, 0.4) is 0 Å². The van der Waals surface area contributed by atoms with Crippen LogP contribution in [0.2, 0.25) is 0 Å². The van der Waals surface area contributed by atoms with Gasteiger partial charge in [0.05, 0.1) is 0 Å². The summed E-state index contributed by atoms with van der Waals surface area (Å²) in [5.41, 5.74) is 5.96. The van der Waals surface area contributed by atoms with Crippen molar-refractivity contribution in [2.45, 2.75) is 110 Å². The van der Waals surface area contributed by atoms with Crippen LogP contribution in [0.1, 0.15) is 105 Å². The molecule has 0 aromatic carbocycles. The Morgan fingerprint density at radius 2 is 1.46 bits per heavy atom. The van der Waals surface area contributed by atoms with Crippen LogP contribution in [0, 0.1) is 5.92 Å². The predicted octanol–water partition coefficient (Wildman–Crippen LogP) is 6.63. The van der Waals surface area contributed by atoms with E-state index in [1.54, 1.807) is 0 Å². The van der Waals surface area contributed by atoms with Crippen molar-refractivity contribution >= 4 is 5.91 Å². The van der Waals surface area contributed by atoms with Crippen LogP contribution >= 0.6 is 0 Å². The quantitative estimate of drug-likeness (QED) is 0.223. The number of allylic oxidation sites excluding steroid dienone is 4. The Morgan fingerprint density at radius 3 is 2.04 bits per heavy atom. The standard InChI is InChI=1S/C25H48N2O/c1-6-7-8-9-10-11-12-13-14-15-16-17-18-19-20-21-24(28)27(5)22-25(4,26)23(2)3/h10-11,13-14,23H,6-9,12,15-22,26H2,1-5H3/b11-10-,14-13-. The first-order valence-corrected chi connectivity index (χ1v) is 11.6. The molecule has 0 saturated heterocycles. The SMILES string of the molecule is CCCCC/C=C\C/C=C\CCCCCCCC(=O)N(C)CC(C)(N)C(C)C. The number of nitrogens with two attached hydrogens (primary N) is 1. The van der Waals surface area contributed by atoms with Crippen molar-refractivity contribution in [1.82, 2.24) is 4.90 Å². The number of hydrogen-bond donors (Lipinski definition) is 1. The van der Waals surface area contributed by atoms with Gasteiger partial charge in [0.15, 0.2) is 0 Å². The minimum Gasteiger partial charge on any atom is -0.344 e. The summed E-state index contributed by atoms with van der Waals surface area (Å²) in [6.45, 7) is 9.12. The maximum absolute atomic E-state index is 12.2. The molecule has 0 fully saturated rings. The second-order valence-corrected chi connectivity index (χ2v) is 8.89. The summed E-state index contributed by atoms with van der Waals surface area (Å²) in [6, 6.07) is 0. The number of hydrogen-bond acceptors (Lipinski definition) is 2. The molecule has 1 unspecified atom stereocenters. The first-order valence-electron chi connectivity index (χ1n) is 11.6. The zero-order valence-corrected chi connectivity index (χ0v) is 19.5. The maximum atomic E-state index is 12.2. The third kappa shape index (κ3) is 14.9. The van der Waals surface area contributed by atoms with E-state index < -0.39 is 0 Å². The number of rotatable bonds is 17. The van der Waals surface area contributed by atoms with Crippen molar-refractivity contribution < 1.29 is 4.79 Å². The molecular weight excluding hydrogens is 344 g/mol. The molecule has 3 nitrogen and oxygen atoms in total. The van der Waals surface area contributed by atoms with E-state index in [0.29, 0.717) is 18.9 Å². The predicted molar refractivity (Wildman–Crippen MR) is 124 cm³/mol. The van der Waals surface area contributed by atoms with Crippen LogP contribution in [0.15, 0.2) is 24.3 Å². The van der Waals surface area contributed by atoms with Crippen molar-refractivity contribution in [3.63, 3.8) is 0 Å². The van der Waals surface area contributed by atoms with E-state index >= 15 is 0 Å². The van der Waals surface area contributed by atoms with Crippen LogP contribution in [0.25, 0.3) is 0 Å². The molecular formula is C25H48N2O. The summed E-state index contributed by atoms with van der Waals surface area (Å²) in [5.74, 6) is 0.585. The van der Waals surface area contributed by atoms with Crippen LogP contribution in [0.5, 0.6) is 0 Å². The number of unbranched alkanes of at least 4 members (excludes halogenated alkanes) is 8. The molecule has 0 saturated carbocycles. The molecule has 0 heterocycles. The average Bonchev–Trinajstić information content (AvgIpc) is 2.64. The maximum Gasteiger partial charge on any atom is 0.222 e. The summed E-state index contributed by atoms with van der Waals surface area (Å²) in [6.07, 6.45) is 23.2. The number of likely N-dealkylation sites (N-methyl/N-ethyl adjacent to an activating group) is 1. The summed E-state index contributed by atoms with van der Waals surface area (Å²) < 4.78 is 0. The van der Waals surface area contributed by atoms with Crippen LogP contribution in [0.4, 0.5) is 0 Å². The summed E-state index contributed by atoms with van der Waals surface area (Å²) >= 11 is 0. The van der Waals surface area contributed by atoms with E-state index in [2.05, 4.69) is 45.1 Å². The van der Waals surface area contributed by atoms with E-state index in [1.165, 1.54) is 51.4 Å². The van der Waals surface area contributed by atoms with E-state index in [0.717, 1.165) is 19.3 Å². The minimum absolute atomic E-state index is 0.225. The lowest BCUT2D eigenvalue weighted by Crippen LogP contribution is -2.51. The van der Waals surface area contributed by atoms with Gasteiger partial charge in [-0.3, -0.25) is 4.79 Å². The van der Waals surface area contributed by atoms with Gasteiger partial charge in [0.1, 0.15) is 0 Å². The van der Waals surface area contributed by atoms with Gasteiger partial charge in [0.25, 0.3) is 0 Å². The zero-order valence-electron chi connectivity index (χ0n) is 19.5. The third-order valence-electron chi connectivity index (χ3n) is 5.66. The largest absolute Gasteiger partial charge is 0.344 e. The second kappa shape index (κ2) is 16.8. The molecule has 3 heteroatoms. The highest BCUT2D eigenvalue weighted by Gasteiger charge is 2.26. The van der Waals surface area contributed by atoms with Gasteiger partial charge in [-0.05, 0) is 51.4 Å². The van der Waals surface area contributed by atoms with Crippen molar-refractivity contribution in [1.29, 1.82) is 0 Å². The smallest absolute Gasteiger partial charge is 0.222 e. The lowest BCUT2D eigenvalue weighted by atomic mass is 9.89. The van der Waals surface area contributed by atoms with Gasteiger partial charge in [-0.2, -0.15) is 0 Å². The monoisotopic (exact) mass is 392 g/mol. The lowest BCUT2D eigenvalue weighted by molar-refractivity contribution is -0.130. The van der Waals surface area contributed by atoms with Crippen molar-refractivity contribution in [3.05, 3.63) is 24.3 Å². The highest BCUT2D eigenvalue weighted by Crippen LogP contribution is 2.15. The van der Waals surface area contributed by atoms with E-state index in [-0.39, 0.29) is 11.4 Å². The molecule has 0 aliphatic rings. The second-order valence-electron chi connectivity index (χ2n) is 8.89. The van der Waals surface area contributed by atoms with E-state index in [4.69, 9.17) is 5.73 Å². The van der Waals surface area contributed by atoms with Gasteiger partial charge in [0.2, 0.25) is 5.91 Å². The normalized spacial score (nSPS) is 14.2. The molecule has 28 heavy (non-hydrogen) atoms. The molecule has 0 aromatic rings. The molecule has 164 valence electrons. The Kier molecular flexibility index (Phi) is 16.2. The lowest BCUT2D eigenvalue weighted by Gasteiger charge is -2.33. The van der Waals surface area contributed by atoms with Crippen molar-refractivity contribution in [3.8, 4) is 0 Å². The van der Waals surface area contributed by atoms with Gasteiger partial charge >= 0.3 is 0 Å². The fourth-order valence-electron chi connectivity index (χ4n) is 3.06. The van der Waals surface area contributed by atoms with Crippen LogP contribution in [-0.2, 0) is 4.79 Å². The number of carbonyl (C=O) groups excluding carboxylic acids is 1. The molecule has 0 aromatic heterocycles. The molecule has 0 rings (SSSR count). The molecule has 0 radical (unpaired) electrons. The van der Waals surface area contributed by atoms with Gasteiger partial charge in [0, 0.05) is 25.6 Å². The fourth-order valence-corrected chi connectivity index (χ4v) is 3.06. The van der Waals surface area contributed by atoms with Gasteiger partial charge in [-0.25, -0.2) is 0 Å². The number of nitrogens with zero attached hydrogens (tertiary/aromatic N) is 1. The minimum atomic E-state index is -0.317. The topological polar surface area (TPSA) is 46.3 Å². The number of amides is 1. The Hall–Kier alpha value is -1.09. The number of carbonyl (C=O) groups is 1. The molecule has 1 atom stereocenters. The molecule has 0 aliphatic heterocycles. The Bertz CT molecular complexity index is 438. The molecule has 1 amide bonds. The zero-order chi connectivity index (χ0) is 21.3. The molecule has 0 aliphatic carbocycles. The highest BCUT2D eigenvalue weighted by molar-refractivity contribution is 5.75. The van der Waals surface area contributed by atoms with Crippen molar-refractivity contribution in [2.75, 3.05) is 13.6 Å². The average molecular weight is 393 g/mol. The van der Waals surface area contributed by atoms with Crippen LogP contribution in [-0.4, -0.2) is 29.9 Å². The summed E-state index contributed by atoms with van der Waals surface area (Å²) in [7, 11) is 1.88. The third-order valence-corrected chi connectivity index (χ3v) is 5.66. The molecule has 0 spiro atoms. The van der Waals surface area contributed by atoms with Gasteiger partial charge < -0.3 is 10.6 Å². The molecule has 0 bridgehead atoms. The first-order chi connectivity index (χ1) is 13.3. The Balaban J connectivity index is 3.59. The fraction of sp³-hybridized carbons (Fsp3) is 0.800. The van der Waals surface area contributed by atoms with Gasteiger partial charge in [-0.1, -0.05) is 77.2 Å². The highest BCUT2D eigenvalue weighted by atomic mass is 16.2. The Labute approximate surface area is 175 Å². The first kappa shape index (κ1) is 26.9. The van der Waals surface area contributed by atoms with Crippen molar-refractivity contribution in [2.24, 2.45) is 11.7 Å². The van der Waals surface area contributed by atoms with E-state index in [1.807, 2.05) is 18.9 Å². The summed E-state index contributed by atoms with van der Waals surface area (Å²) in [5, 5.41) is 0. The Morgan fingerprint density at radius 1 is 0.929 bits per heavy atom.